The number of carbonyl (C=O) groups excluding carboxylic acids is 1. The second kappa shape index (κ2) is 7.63. The van der Waals surface area contributed by atoms with Gasteiger partial charge in [-0.3, -0.25) is 9.69 Å². The number of fused-ring (bicyclic) bond motifs is 1. The van der Waals surface area contributed by atoms with E-state index in [1.165, 1.54) is 22.3 Å². The molecule has 26 heavy (non-hydrogen) atoms. The van der Waals surface area contributed by atoms with Crippen molar-refractivity contribution in [3.05, 3.63) is 59.2 Å². The average molecular weight is 351 g/mol. The molecule has 0 saturated carbocycles. The number of nitrogens with zero attached hydrogens (tertiary/aromatic N) is 1. The monoisotopic (exact) mass is 350 g/mol. The maximum Gasteiger partial charge on any atom is 0.224 e. The SMILES string of the molecule is CNC(=O)Cc1ccc(-c2ccc3c(c2)CCN(C(C)(C)C)CC3)cc1. The van der Waals surface area contributed by atoms with Crippen molar-refractivity contribution in [2.75, 3.05) is 20.1 Å². The van der Waals surface area contributed by atoms with Crippen LogP contribution in [0.1, 0.15) is 37.5 Å². The molecule has 3 heteroatoms. The van der Waals surface area contributed by atoms with Crippen LogP contribution in [-0.2, 0) is 24.1 Å². The zero-order chi connectivity index (χ0) is 18.7. The number of nitrogens with one attached hydrogen (secondary N) is 1. The van der Waals surface area contributed by atoms with Crippen LogP contribution < -0.4 is 5.32 Å². The molecule has 1 aliphatic rings. The van der Waals surface area contributed by atoms with Crippen LogP contribution >= 0.6 is 0 Å². The van der Waals surface area contributed by atoms with E-state index in [2.05, 4.69) is 73.5 Å². The van der Waals surface area contributed by atoms with Crippen molar-refractivity contribution >= 4 is 5.91 Å². The van der Waals surface area contributed by atoms with E-state index in [0.29, 0.717) is 6.42 Å². The van der Waals surface area contributed by atoms with Gasteiger partial charge >= 0.3 is 0 Å². The Balaban J connectivity index is 1.78. The molecule has 0 aliphatic carbocycles. The number of hydrogen-bond acceptors (Lipinski definition) is 2. The fourth-order valence-corrected chi connectivity index (χ4v) is 3.66. The van der Waals surface area contributed by atoms with Gasteiger partial charge in [0.2, 0.25) is 5.91 Å². The van der Waals surface area contributed by atoms with E-state index in [1.54, 1.807) is 7.05 Å². The normalized spacial score (nSPS) is 15.2. The first kappa shape index (κ1) is 18.7. The smallest absolute Gasteiger partial charge is 0.224 e. The Morgan fingerprint density at radius 3 is 2.19 bits per heavy atom. The number of likely N-dealkylation sites (N-methyl/N-ethyl adjacent to an activating group) is 1. The molecule has 0 fully saturated rings. The first-order chi connectivity index (χ1) is 12.4. The Labute approximate surface area is 157 Å². The van der Waals surface area contributed by atoms with Gasteiger partial charge in [0, 0.05) is 25.7 Å². The molecule has 2 aromatic carbocycles. The average Bonchev–Trinajstić information content (AvgIpc) is 2.84. The molecule has 0 bridgehead atoms. The molecule has 3 rings (SSSR count). The second-order valence-electron chi connectivity index (χ2n) is 8.19. The Morgan fingerprint density at radius 2 is 1.58 bits per heavy atom. The fraction of sp³-hybridized carbons (Fsp3) is 0.435. The molecule has 0 aromatic heterocycles. The number of hydrogen-bond donors (Lipinski definition) is 1. The highest BCUT2D eigenvalue weighted by molar-refractivity contribution is 5.78. The van der Waals surface area contributed by atoms with Crippen molar-refractivity contribution in [2.24, 2.45) is 0 Å². The predicted molar refractivity (Wildman–Crippen MR) is 108 cm³/mol. The fourth-order valence-electron chi connectivity index (χ4n) is 3.66. The largest absolute Gasteiger partial charge is 0.359 e. The Hall–Kier alpha value is -2.13. The standard InChI is InChI=1S/C23H30N2O/c1-23(2,3)25-13-11-19-9-10-20(16-21(19)12-14-25)18-7-5-17(6-8-18)15-22(26)24-4/h5-10,16H,11-15H2,1-4H3,(H,24,26). The predicted octanol–water partition coefficient (Wildman–Crippen LogP) is 3.84. The molecule has 0 atom stereocenters. The molecule has 1 heterocycles. The van der Waals surface area contributed by atoms with Crippen LogP contribution in [0.3, 0.4) is 0 Å². The first-order valence-electron chi connectivity index (χ1n) is 9.53. The van der Waals surface area contributed by atoms with Crippen molar-refractivity contribution in [1.29, 1.82) is 0 Å². The van der Waals surface area contributed by atoms with E-state index >= 15 is 0 Å². The molecular formula is C23H30N2O. The Bertz CT molecular complexity index is 772. The molecule has 138 valence electrons. The number of rotatable bonds is 3. The minimum atomic E-state index is 0.0474. The van der Waals surface area contributed by atoms with Crippen molar-refractivity contribution in [3.8, 4) is 11.1 Å². The molecule has 3 nitrogen and oxygen atoms in total. The number of carbonyl (C=O) groups is 1. The molecule has 0 unspecified atom stereocenters. The molecule has 2 aromatic rings. The molecular weight excluding hydrogens is 320 g/mol. The third-order valence-electron chi connectivity index (χ3n) is 5.39. The summed E-state index contributed by atoms with van der Waals surface area (Å²) in [5.74, 6) is 0.0474. The molecule has 0 saturated heterocycles. The van der Waals surface area contributed by atoms with Crippen molar-refractivity contribution in [3.63, 3.8) is 0 Å². The van der Waals surface area contributed by atoms with E-state index in [9.17, 15) is 4.79 Å². The van der Waals surface area contributed by atoms with Gasteiger partial charge in [-0.25, -0.2) is 0 Å². The zero-order valence-electron chi connectivity index (χ0n) is 16.4. The van der Waals surface area contributed by atoms with Crippen molar-refractivity contribution in [2.45, 2.75) is 45.6 Å². The highest BCUT2D eigenvalue weighted by Crippen LogP contribution is 2.27. The van der Waals surface area contributed by atoms with Gasteiger partial charge in [0.15, 0.2) is 0 Å². The van der Waals surface area contributed by atoms with Crippen molar-refractivity contribution < 1.29 is 4.79 Å². The van der Waals surface area contributed by atoms with Gasteiger partial charge in [-0.05, 0) is 61.4 Å². The lowest BCUT2D eigenvalue weighted by Gasteiger charge is -2.34. The van der Waals surface area contributed by atoms with E-state index in [0.717, 1.165) is 31.5 Å². The lowest BCUT2D eigenvalue weighted by atomic mass is 9.96. The molecule has 1 amide bonds. The summed E-state index contributed by atoms with van der Waals surface area (Å²) in [5.41, 5.74) is 6.71. The van der Waals surface area contributed by atoms with Gasteiger partial charge in [0.05, 0.1) is 6.42 Å². The van der Waals surface area contributed by atoms with Crippen LogP contribution in [0.2, 0.25) is 0 Å². The summed E-state index contributed by atoms with van der Waals surface area (Å²) in [6.45, 7) is 9.15. The summed E-state index contributed by atoms with van der Waals surface area (Å²) in [6, 6.07) is 15.2. The summed E-state index contributed by atoms with van der Waals surface area (Å²) in [4.78, 5) is 14.1. The van der Waals surface area contributed by atoms with Gasteiger partial charge in [-0.15, -0.1) is 0 Å². The van der Waals surface area contributed by atoms with E-state index in [1.807, 2.05) is 0 Å². The van der Waals surface area contributed by atoms with Crippen LogP contribution in [-0.4, -0.2) is 36.5 Å². The molecule has 1 N–H and O–H groups in total. The van der Waals surface area contributed by atoms with Gasteiger partial charge in [0.25, 0.3) is 0 Å². The maximum atomic E-state index is 11.5. The van der Waals surface area contributed by atoms with Crippen molar-refractivity contribution in [1.82, 2.24) is 10.2 Å². The lowest BCUT2D eigenvalue weighted by molar-refractivity contribution is -0.119. The summed E-state index contributed by atoms with van der Waals surface area (Å²) >= 11 is 0. The highest BCUT2D eigenvalue weighted by atomic mass is 16.1. The maximum absolute atomic E-state index is 11.5. The van der Waals surface area contributed by atoms with Crippen LogP contribution in [0.15, 0.2) is 42.5 Å². The summed E-state index contributed by atoms with van der Waals surface area (Å²) in [5, 5.41) is 2.67. The third-order valence-corrected chi connectivity index (χ3v) is 5.39. The lowest BCUT2D eigenvalue weighted by Crippen LogP contribution is -2.42. The zero-order valence-corrected chi connectivity index (χ0v) is 16.4. The molecule has 0 radical (unpaired) electrons. The first-order valence-corrected chi connectivity index (χ1v) is 9.53. The summed E-state index contributed by atoms with van der Waals surface area (Å²) < 4.78 is 0. The molecule has 1 aliphatic heterocycles. The van der Waals surface area contributed by atoms with Crippen LogP contribution in [0.25, 0.3) is 11.1 Å². The van der Waals surface area contributed by atoms with E-state index in [-0.39, 0.29) is 11.4 Å². The number of benzene rings is 2. The summed E-state index contributed by atoms with van der Waals surface area (Å²) in [6.07, 6.45) is 2.66. The van der Waals surface area contributed by atoms with Crippen LogP contribution in [0.4, 0.5) is 0 Å². The van der Waals surface area contributed by atoms with E-state index < -0.39 is 0 Å². The highest BCUT2D eigenvalue weighted by Gasteiger charge is 2.23. The van der Waals surface area contributed by atoms with Gasteiger partial charge in [0.1, 0.15) is 0 Å². The van der Waals surface area contributed by atoms with Gasteiger partial charge < -0.3 is 5.32 Å². The van der Waals surface area contributed by atoms with Gasteiger partial charge in [-0.2, -0.15) is 0 Å². The van der Waals surface area contributed by atoms with Crippen LogP contribution in [0, 0.1) is 0 Å². The van der Waals surface area contributed by atoms with E-state index in [4.69, 9.17) is 0 Å². The van der Waals surface area contributed by atoms with Crippen LogP contribution in [0.5, 0.6) is 0 Å². The Kier molecular flexibility index (Phi) is 5.47. The molecule has 0 spiro atoms. The minimum Gasteiger partial charge on any atom is -0.359 e. The van der Waals surface area contributed by atoms with Gasteiger partial charge in [-0.1, -0.05) is 42.5 Å². The quantitative estimate of drug-likeness (QED) is 0.912. The minimum absolute atomic E-state index is 0.0474. The third kappa shape index (κ3) is 4.34. The second-order valence-corrected chi connectivity index (χ2v) is 8.19. The number of amides is 1. The topological polar surface area (TPSA) is 32.3 Å². The Morgan fingerprint density at radius 1 is 0.962 bits per heavy atom. The summed E-state index contributed by atoms with van der Waals surface area (Å²) in [7, 11) is 1.67.